The molecule has 1 atom stereocenters. The van der Waals surface area contributed by atoms with E-state index in [2.05, 4.69) is 13.8 Å². The van der Waals surface area contributed by atoms with Crippen LogP contribution < -0.4 is 0 Å². The third-order valence-corrected chi connectivity index (χ3v) is 7.35. The van der Waals surface area contributed by atoms with Crippen molar-refractivity contribution in [1.82, 2.24) is 0 Å². The van der Waals surface area contributed by atoms with Crippen molar-refractivity contribution in [2.45, 2.75) is 193 Å². The fourth-order valence-electron chi connectivity index (χ4n) is 4.91. The van der Waals surface area contributed by atoms with E-state index < -0.39 is 12.1 Å². The van der Waals surface area contributed by atoms with E-state index >= 15 is 0 Å². The molecule has 0 spiro atoms. The molecule has 0 radical (unpaired) electrons. The molecule has 1 unspecified atom stereocenters. The molecule has 4 nitrogen and oxygen atoms in total. The van der Waals surface area contributed by atoms with Crippen LogP contribution in [0.15, 0.2) is 0 Å². The van der Waals surface area contributed by atoms with Crippen LogP contribution in [0.3, 0.4) is 0 Å². The lowest BCUT2D eigenvalue weighted by Crippen LogP contribution is -2.27. The van der Waals surface area contributed by atoms with E-state index in [4.69, 9.17) is 4.74 Å². The van der Waals surface area contributed by atoms with Gasteiger partial charge in [-0.25, -0.2) is 4.79 Å². The predicted molar refractivity (Wildman–Crippen MR) is 154 cm³/mol. The summed E-state index contributed by atoms with van der Waals surface area (Å²) in [5, 5.41) is 9.41. The minimum absolute atomic E-state index is 0.343. The highest BCUT2D eigenvalue weighted by Gasteiger charge is 2.21. The molecular weight excluding hydrogens is 448 g/mol. The Morgan fingerprint density at radius 3 is 1.14 bits per heavy atom. The van der Waals surface area contributed by atoms with E-state index in [9.17, 15) is 14.7 Å². The van der Waals surface area contributed by atoms with Crippen molar-refractivity contribution in [2.24, 2.45) is 0 Å². The Bertz CT molecular complexity index is 477. The van der Waals surface area contributed by atoms with Crippen molar-refractivity contribution in [3.05, 3.63) is 0 Å². The zero-order chi connectivity index (χ0) is 26.5. The van der Waals surface area contributed by atoms with Crippen molar-refractivity contribution >= 4 is 11.9 Å². The number of carbonyl (C=O) groups excluding carboxylic acids is 1. The molecule has 0 saturated carbocycles. The topological polar surface area (TPSA) is 63.6 Å². The molecule has 0 aromatic rings. The maximum Gasteiger partial charge on any atom is 0.345 e. The second-order valence-corrected chi connectivity index (χ2v) is 11.0. The van der Waals surface area contributed by atoms with Gasteiger partial charge in [-0.05, 0) is 19.3 Å². The first-order valence-electron chi connectivity index (χ1n) is 16.0. The van der Waals surface area contributed by atoms with Gasteiger partial charge in [-0.1, -0.05) is 162 Å². The van der Waals surface area contributed by atoms with Gasteiger partial charge < -0.3 is 9.84 Å². The van der Waals surface area contributed by atoms with Crippen LogP contribution in [0.4, 0.5) is 0 Å². The number of hydrogen-bond acceptors (Lipinski definition) is 3. The maximum absolute atomic E-state index is 12.1. The number of carboxylic acid groups (broad SMARTS) is 1. The summed E-state index contributed by atoms with van der Waals surface area (Å²) in [4.78, 5) is 23.6. The fourth-order valence-corrected chi connectivity index (χ4v) is 4.91. The van der Waals surface area contributed by atoms with Gasteiger partial charge in [0.1, 0.15) is 0 Å². The second kappa shape index (κ2) is 28.5. The zero-order valence-electron chi connectivity index (χ0n) is 24.3. The third-order valence-electron chi connectivity index (χ3n) is 7.35. The van der Waals surface area contributed by atoms with Crippen molar-refractivity contribution in [1.29, 1.82) is 0 Å². The standard InChI is InChI=1S/C32H62O4/c1-3-5-7-9-11-13-15-17-19-21-23-25-27-29-31(33)36-30(32(34)35)28-26-24-22-20-18-16-14-12-10-8-6-4-2/h30H,3-29H2,1-2H3,(H,34,35). The average molecular weight is 511 g/mol. The highest BCUT2D eigenvalue weighted by molar-refractivity contribution is 5.77. The van der Waals surface area contributed by atoms with E-state index in [-0.39, 0.29) is 5.97 Å². The monoisotopic (exact) mass is 510 g/mol. The SMILES string of the molecule is CCCCCCCCCCCCCCCC(=O)OC(CCCCCCCCCCCCCC)C(=O)O. The fraction of sp³-hybridized carbons (Fsp3) is 0.938. The quantitative estimate of drug-likeness (QED) is 0.0802. The van der Waals surface area contributed by atoms with Crippen LogP contribution in [0.1, 0.15) is 187 Å². The number of ether oxygens (including phenoxy) is 1. The molecule has 36 heavy (non-hydrogen) atoms. The normalized spacial score (nSPS) is 12.1. The molecule has 0 aliphatic heterocycles. The van der Waals surface area contributed by atoms with Gasteiger partial charge in [0.05, 0.1) is 0 Å². The zero-order valence-corrected chi connectivity index (χ0v) is 24.3. The van der Waals surface area contributed by atoms with Gasteiger partial charge in [0.15, 0.2) is 6.10 Å². The number of unbranched alkanes of at least 4 members (excludes halogenated alkanes) is 23. The molecule has 0 aromatic heterocycles. The highest BCUT2D eigenvalue weighted by atomic mass is 16.6. The molecule has 1 N–H and O–H groups in total. The molecule has 0 fully saturated rings. The molecule has 4 heteroatoms. The minimum Gasteiger partial charge on any atom is -0.479 e. The molecule has 0 aromatic carbocycles. The Balaban J connectivity index is 3.56. The molecule has 214 valence electrons. The van der Waals surface area contributed by atoms with E-state index in [1.54, 1.807) is 0 Å². The van der Waals surface area contributed by atoms with Crippen LogP contribution >= 0.6 is 0 Å². The van der Waals surface area contributed by atoms with Gasteiger partial charge in [0.25, 0.3) is 0 Å². The Morgan fingerprint density at radius 1 is 0.500 bits per heavy atom. The van der Waals surface area contributed by atoms with Gasteiger partial charge in [-0.15, -0.1) is 0 Å². The summed E-state index contributed by atoms with van der Waals surface area (Å²) in [5.41, 5.74) is 0. The molecule has 0 amide bonds. The van der Waals surface area contributed by atoms with Crippen molar-refractivity contribution in [3.8, 4) is 0 Å². The summed E-state index contributed by atoms with van der Waals surface area (Å²) in [6.45, 7) is 4.51. The highest BCUT2D eigenvalue weighted by Crippen LogP contribution is 2.16. The Labute approximate surface area is 224 Å². The van der Waals surface area contributed by atoms with Crippen molar-refractivity contribution < 1.29 is 19.4 Å². The van der Waals surface area contributed by atoms with Gasteiger partial charge in [-0.2, -0.15) is 0 Å². The lowest BCUT2D eigenvalue weighted by molar-refractivity contribution is -0.164. The lowest BCUT2D eigenvalue weighted by atomic mass is 10.0. The van der Waals surface area contributed by atoms with Gasteiger partial charge in [0, 0.05) is 6.42 Å². The summed E-state index contributed by atoms with van der Waals surface area (Å²) in [6, 6.07) is 0. The molecular formula is C32H62O4. The van der Waals surface area contributed by atoms with Gasteiger partial charge in [0.2, 0.25) is 0 Å². The van der Waals surface area contributed by atoms with Crippen LogP contribution in [0.5, 0.6) is 0 Å². The summed E-state index contributed by atoms with van der Waals surface area (Å²) in [6.07, 6.45) is 31.2. The lowest BCUT2D eigenvalue weighted by Gasteiger charge is -2.13. The first-order chi connectivity index (χ1) is 17.6. The Morgan fingerprint density at radius 2 is 0.806 bits per heavy atom. The average Bonchev–Trinajstić information content (AvgIpc) is 2.86. The molecule has 0 saturated heterocycles. The number of carboxylic acids is 1. The third kappa shape index (κ3) is 26.0. The van der Waals surface area contributed by atoms with E-state index in [0.717, 1.165) is 38.5 Å². The molecule has 0 bridgehead atoms. The van der Waals surface area contributed by atoms with E-state index in [1.165, 1.54) is 122 Å². The summed E-state index contributed by atoms with van der Waals surface area (Å²) >= 11 is 0. The maximum atomic E-state index is 12.1. The van der Waals surface area contributed by atoms with E-state index in [0.29, 0.717) is 12.8 Å². The summed E-state index contributed by atoms with van der Waals surface area (Å²) in [7, 11) is 0. The summed E-state index contributed by atoms with van der Waals surface area (Å²) in [5.74, 6) is -1.35. The first-order valence-corrected chi connectivity index (χ1v) is 16.0. The number of aliphatic carboxylic acids is 1. The molecule has 0 rings (SSSR count). The van der Waals surface area contributed by atoms with Gasteiger partial charge >= 0.3 is 11.9 Å². The van der Waals surface area contributed by atoms with Gasteiger partial charge in [-0.3, -0.25) is 4.79 Å². The number of hydrogen-bond donors (Lipinski definition) is 1. The van der Waals surface area contributed by atoms with Crippen LogP contribution in [0, 0.1) is 0 Å². The first kappa shape index (κ1) is 34.9. The van der Waals surface area contributed by atoms with Crippen LogP contribution in [-0.2, 0) is 14.3 Å². The van der Waals surface area contributed by atoms with Crippen molar-refractivity contribution in [3.63, 3.8) is 0 Å². The van der Waals surface area contributed by atoms with Crippen LogP contribution in [0.25, 0.3) is 0 Å². The van der Waals surface area contributed by atoms with Crippen LogP contribution in [0.2, 0.25) is 0 Å². The molecule has 0 aliphatic carbocycles. The molecule has 0 heterocycles. The van der Waals surface area contributed by atoms with Crippen LogP contribution in [-0.4, -0.2) is 23.1 Å². The smallest absolute Gasteiger partial charge is 0.345 e. The Kier molecular flexibility index (Phi) is 27.7. The minimum atomic E-state index is -1.00. The predicted octanol–water partition coefficient (Wildman–Crippen LogP) is 10.6. The molecule has 0 aliphatic rings. The van der Waals surface area contributed by atoms with E-state index in [1.807, 2.05) is 0 Å². The Hall–Kier alpha value is -1.06. The number of rotatable bonds is 29. The largest absolute Gasteiger partial charge is 0.479 e. The second-order valence-electron chi connectivity index (χ2n) is 11.0. The number of carbonyl (C=O) groups is 2. The van der Waals surface area contributed by atoms with Crippen molar-refractivity contribution in [2.75, 3.05) is 0 Å². The summed E-state index contributed by atoms with van der Waals surface area (Å²) < 4.78 is 5.28. The number of esters is 1.